The summed E-state index contributed by atoms with van der Waals surface area (Å²) in [5.41, 5.74) is 1.10. The van der Waals surface area contributed by atoms with Gasteiger partial charge in [-0.15, -0.1) is 0 Å². The van der Waals surface area contributed by atoms with E-state index in [0.29, 0.717) is 11.1 Å². The van der Waals surface area contributed by atoms with Crippen molar-refractivity contribution in [3.63, 3.8) is 0 Å². The fourth-order valence-electron chi connectivity index (χ4n) is 1.88. The monoisotopic (exact) mass is 268 g/mol. The molecule has 0 aromatic heterocycles. The molecular weight excluding hydrogens is 252 g/mol. The Kier molecular flexibility index (Phi) is 3.41. The van der Waals surface area contributed by atoms with Gasteiger partial charge < -0.3 is 5.32 Å². The lowest BCUT2D eigenvalue weighted by Gasteiger charge is -2.26. The summed E-state index contributed by atoms with van der Waals surface area (Å²) < 4.78 is 22.4. The van der Waals surface area contributed by atoms with Gasteiger partial charge in [0.25, 0.3) is 5.91 Å². The minimum atomic E-state index is -3.72. The van der Waals surface area contributed by atoms with E-state index in [1.54, 1.807) is 6.92 Å². The molecule has 5 nitrogen and oxygen atoms in total. The molecule has 1 aliphatic carbocycles. The third-order valence-electron chi connectivity index (χ3n) is 3.21. The highest BCUT2D eigenvalue weighted by Crippen LogP contribution is 2.20. The zero-order chi connectivity index (χ0) is 13.3. The molecule has 1 aromatic rings. The van der Waals surface area contributed by atoms with Crippen molar-refractivity contribution in [2.45, 2.75) is 37.1 Å². The first-order valence-corrected chi connectivity index (χ1v) is 7.37. The van der Waals surface area contributed by atoms with Crippen LogP contribution in [0.5, 0.6) is 0 Å². The smallest absolute Gasteiger partial charge is 0.251 e. The molecule has 1 aliphatic rings. The van der Waals surface area contributed by atoms with Crippen molar-refractivity contribution in [2.24, 2.45) is 5.14 Å². The molecule has 18 heavy (non-hydrogen) atoms. The normalized spacial score (nSPS) is 16.1. The number of nitrogens with one attached hydrogen (secondary N) is 1. The number of aryl methyl sites for hydroxylation is 1. The van der Waals surface area contributed by atoms with Gasteiger partial charge in [0.2, 0.25) is 10.0 Å². The van der Waals surface area contributed by atoms with Gasteiger partial charge in [0, 0.05) is 11.6 Å². The van der Waals surface area contributed by atoms with Crippen LogP contribution in [-0.2, 0) is 10.0 Å². The molecule has 0 spiro atoms. The molecule has 6 heteroatoms. The highest BCUT2D eigenvalue weighted by molar-refractivity contribution is 7.89. The van der Waals surface area contributed by atoms with Crippen LogP contribution in [-0.4, -0.2) is 20.4 Å². The maximum atomic E-state index is 11.9. The van der Waals surface area contributed by atoms with Gasteiger partial charge in [-0.1, -0.05) is 0 Å². The summed E-state index contributed by atoms with van der Waals surface area (Å²) in [7, 11) is -3.72. The van der Waals surface area contributed by atoms with Crippen molar-refractivity contribution in [3.8, 4) is 0 Å². The molecule has 3 N–H and O–H groups in total. The fraction of sp³-hybridized carbons (Fsp3) is 0.417. The summed E-state index contributed by atoms with van der Waals surface area (Å²) in [4.78, 5) is 12.0. The summed E-state index contributed by atoms with van der Waals surface area (Å²) in [5, 5.41) is 7.95. The van der Waals surface area contributed by atoms with E-state index in [1.807, 2.05) is 0 Å². The van der Waals surface area contributed by atoms with Crippen LogP contribution in [0.25, 0.3) is 0 Å². The number of carbonyl (C=O) groups excluding carboxylic acids is 1. The molecule has 1 amide bonds. The fourth-order valence-corrected chi connectivity index (χ4v) is 2.48. The minimum absolute atomic E-state index is 0.0280. The number of primary sulfonamides is 1. The van der Waals surface area contributed by atoms with Crippen molar-refractivity contribution in [1.82, 2.24) is 5.32 Å². The maximum Gasteiger partial charge on any atom is 0.251 e. The first-order chi connectivity index (χ1) is 8.38. The third kappa shape index (κ3) is 2.70. The van der Waals surface area contributed by atoms with Crippen LogP contribution in [0.2, 0.25) is 0 Å². The second kappa shape index (κ2) is 4.70. The summed E-state index contributed by atoms with van der Waals surface area (Å²) in [6.45, 7) is 1.70. The van der Waals surface area contributed by atoms with Crippen LogP contribution < -0.4 is 10.5 Å². The Bertz CT molecular complexity index is 577. The second-order valence-electron chi connectivity index (χ2n) is 4.62. The number of benzene rings is 1. The molecule has 0 aliphatic heterocycles. The molecule has 1 fully saturated rings. The van der Waals surface area contributed by atoms with Gasteiger partial charge in [-0.25, -0.2) is 13.6 Å². The number of hydrogen-bond donors (Lipinski definition) is 2. The lowest BCUT2D eigenvalue weighted by molar-refractivity contribution is 0.0916. The molecule has 0 radical (unpaired) electrons. The van der Waals surface area contributed by atoms with Gasteiger partial charge >= 0.3 is 0 Å². The zero-order valence-electron chi connectivity index (χ0n) is 10.1. The van der Waals surface area contributed by atoms with Crippen molar-refractivity contribution in [2.75, 3.05) is 0 Å². The lowest BCUT2D eigenvalue weighted by Crippen LogP contribution is -2.39. The Balaban J connectivity index is 2.21. The highest BCUT2D eigenvalue weighted by atomic mass is 32.2. The minimum Gasteiger partial charge on any atom is -0.349 e. The predicted octanol–water partition coefficient (Wildman–Crippen LogP) is 0.925. The molecular formula is C12H16N2O3S. The Hall–Kier alpha value is -1.40. The van der Waals surface area contributed by atoms with Crippen LogP contribution in [0.15, 0.2) is 23.1 Å². The van der Waals surface area contributed by atoms with E-state index in [0.717, 1.165) is 19.3 Å². The number of sulfonamides is 1. The van der Waals surface area contributed by atoms with Crippen molar-refractivity contribution >= 4 is 15.9 Å². The lowest BCUT2D eigenvalue weighted by atomic mass is 9.92. The average molecular weight is 268 g/mol. The van der Waals surface area contributed by atoms with Gasteiger partial charge in [-0.05, 0) is 49.9 Å². The van der Waals surface area contributed by atoms with Gasteiger partial charge in [0.1, 0.15) is 0 Å². The van der Waals surface area contributed by atoms with E-state index in [9.17, 15) is 13.2 Å². The quantitative estimate of drug-likeness (QED) is 0.854. The Morgan fingerprint density at radius 3 is 2.50 bits per heavy atom. The summed E-state index contributed by atoms with van der Waals surface area (Å²) in [5.74, 6) is -0.154. The molecule has 0 unspecified atom stereocenters. The Morgan fingerprint density at radius 1 is 1.39 bits per heavy atom. The molecule has 0 saturated heterocycles. The van der Waals surface area contributed by atoms with Crippen LogP contribution in [0.1, 0.15) is 35.2 Å². The summed E-state index contributed by atoms with van der Waals surface area (Å²) in [6, 6.07) is 4.54. The van der Waals surface area contributed by atoms with Crippen LogP contribution in [0.3, 0.4) is 0 Å². The molecule has 0 atom stereocenters. The molecule has 0 bridgehead atoms. The molecule has 98 valence electrons. The van der Waals surface area contributed by atoms with E-state index in [4.69, 9.17) is 5.14 Å². The van der Waals surface area contributed by atoms with E-state index >= 15 is 0 Å². The highest BCUT2D eigenvalue weighted by Gasteiger charge is 2.21. The summed E-state index contributed by atoms with van der Waals surface area (Å²) >= 11 is 0. The SMILES string of the molecule is Cc1cc(S(N)(=O)=O)ccc1C(=O)NC1CCC1. The average Bonchev–Trinajstić information content (AvgIpc) is 2.21. The zero-order valence-corrected chi connectivity index (χ0v) is 11.0. The summed E-state index contributed by atoms with van der Waals surface area (Å²) in [6.07, 6.45) is 3.17. The first kappa shape index (κ1) is 13.0. The van der Waals surface area contributed by atoms with E-state index in [-0.39, 0.29) is 16.8 Å². The first-order valence-electron chi connectivity index (χ1n) is 5.82. The largest absolute Gasteiger partial charge is 0.349 e. The molecule has 0 heterocycles. The number of rotatable bonds is 3. The molecule has 2 rings (SSSR count). The van der Waals surface area contributed by atoms with Crippen LogP contribution >= 0.6 is 0 Å². The van der Waals surface area contributed by atoms with Crippen molar-refractivity contribution < 1.29 is 13.2 Å². The van der Waals surface area contributed by atoms with Gasteiger partial charge in [0.05, 0.1) is 4.90 Å². The van der Waals surface area contributed by atoms with Crippen molar-refractivity contribution in [3.05, 3.63) is 29.3 Å². The van der Waals surface area contributed by atoms with E-state index in [2.05, 4.69) is 5.32 Å². The molecule has 1 aromatic carbocycles. The Morgan fingerprint density at radius 2 is 2.06 bits per heavy atom. The van der Waals surface area contributed by atoms with Crippen LogP contribution in [0, 0.1) is 6.92 Å². The number of hydrogen-bond acceptors (Lipinski definition) is 3. The second-order valence-corrected chi connectivity index (χ2v) is 6.18. The topological polar surface area (TPSA) is 89.3 Å². The van der Waals surface area contributed by atoms with Crippen LogP contribution in [0.4, 0.5) is 0 Å². The predicted molar refractivity (Wildman–Crippen MR) is 67.7 cm³/mol. The number of carbonyl (C=O) groups is 1. The van der Waals surface area contributed by atoms with Gasteiger partial charge in [0.15, 0.2) is 0 Å². The van der Waals surface area contributed by atoms with Gasteiger partial charge in [-0.2, -0.15) is 0 Å². The maximum absolute atomic E-state index is 11.9. The van der Waals surface area contributed by atoms with Crippen molar-refractivity contribution in [1.29, 1.82) is 0 Å². The van der Waals surface area contributed by atoms with E-state index < -0.39 is 10.0 Å². The Labute approximate surface area is 106 Å². The number of nitrogens with two attached hydrogens (primary N) is 1. The van der Waals surface area contributed by atoms with Gasteiger partial charge in [-0.3, -0.25) is 4.79 Å². The number of amides is 1. The third-order valence-corrected chi connectivity index (χ3v) is 4.12. The standard InChI is InChI=1S/C12H16N2O3S/c1-8-7-10(18(13,16)17)5-6-11(8)12(15)14-9-3-2-4-9/h5-7,9H,2-4H2,1H3,(H,14,15)(H2,13,16,17). The molecule has 1 saturated carbocycles. The van der Waals surface area contributed by atoms with E-state index in [1.165, 1.54) is 18.2 Å².